The Kier molecular flexibility index (Phi) is 4.80. The third-order valence-corrected chi connectivity index (χ3v) is 5.68. The van der Waals surface area contributed by atoms with Crippen molar-refractivity contribution < 1.29 is 8.42 Å². The van der Waals surface area contributed by atoms with Crippen LogP contribution in [0.4, 0.5) is 0 Å². The number of likely N-dealkylation sites (N-methyl/N-ethyl adjacent to an activating group) is 1. The van der Waals surface area contributed by atoms with Gasteiger partial charge in [-0.25, -0.2) is 8.42 Å². The molecule has 0 aliphatic carbocycles. The predicted octanol–water partition coefficient (Wildman–Crippen LogP) is 0.731. The van der Waals surface area contributed by atoms with Crippen LogP contribution in [0.15, 0.2) is 29.2 Å². The molecule has 1 aromatic carbocycles. The van der Waals surface area contributed by atoms with Gasteiger partial charge < -0.3 is 10.2 Å². The van der Waals surface area contributed by atoms with Gasteiger partial charge in [0.1, 0.15) is 0 Å². The lowest BCUT2D eigenvalue weighted by atomic mass is 10.2. The number of nitrogens with zero attached hydrogens (tertiary/aromatic N) is 2. The minimum absolute atomic E-state index is 0.313. The number of nitrogens with one attached hydrogen (secondary N) is 1. The van der Waals surface area contributed by atoms with Crippen molar-refractivity contribution in [1.82, 2.24) is 14.5 Å². The van der Waals surface area contributed by atoms with E-state index in [-0.39, 0.29) is 0 Å². The van der Waals surface area contributed by atoms with Crippen molar-refractivity contribution in [3.05, 3.63) is 29.8 Å². The van der Waals surface area contributed by atoms with Gasteiger partial charge in [-0.2, -0.15) is 4.31 Å². The van der Waals surface area contributed by atoms with Crippen molar-refractivity contribution in [2.45, 2.75) is 23.9 Å². The van der Waals surface area contributed by atoms with E-state index in [0.29, 0.717) is 24.0 Å². The van der Waals surface area contributed by atoms with Crippen LogP contribution in [-0.4, -0.2) is 57.9 Å². The summed E-state index contributed by atoms with van der Waals surface area (Å²) in [4.78, 5) is 2.47. The van der Waals surface area contributed by atoms with Crippen molar-refractivity contribution in [1.29, 1.82) is 0 Å². The topological polar surface area (TPSA) is 52.7 Å². The third-order valence-electron chi connectivity index (χ3n) is 3.80. The van der Waals surface area contributed by atoms with E-state index in [9.17, 15) is 8.42 Å². The molecule has 2 rings (SSSR count). The Hall–Kier alpha value is -0.950. The van der Waals surface area contributed by atoms with E-state index in [4.69, 9.17) is 0 Å². The van der Waals surface area contributed by atoms with E-state index in [1.807, 2.05) is 33.3 Å². The summed E-state index contributed by atoms with van der Waals surface area (Å²) >= 11 is 0. The summed E-state index contributed by atoms with van der Waals surface area (Å²) in [5.74, 6) is 0. The van der Waals surface area contributed by atoms with Crippen molar-refractivity contribution in [2.75, 3.05) is 34.2 Å². The summed E-state index contributed by atoms with van der Waals surface area (Å²) in [6.07, 6.45) is 0.893. The fourth-order valence-corrected chi connectivity index (χ4v) is 3.98. The van der Waals surface area contributed by atoms with Gasteiger partial charge in [-0.3, -0.25) is 0 Å². The van der Waals surface area contributed by atoms with Crippen molar-refractivity contribution >= 4 is 10.0 Å². The molecular weight excluding hydrogens is 274 g/mol. The van der Waals surface area contributed by atoms with Gasteiger partial charge in [-0.05, 0) is 45.3 Å². The standard InChI is InChI=1S/C14H23N3O2S/c1-15-10-12-4-6-14(7-5-12)20(18,19)17-9-8-13(11-17)16(2)3/h4-7,13,15H,8-11H2,1-3H3. The number of sulfonamides is 1. The summed E-state index contributed by atoms with van der Waals surface area (Å²) in [6.45, 7) is 1.92. The lowest BCUT2D eigenvalue weighted by molar-refractivity contribution is 0.302. The Balaban J connectivity index is 2.14. The molecule has 1 aromatic rings. The average molecular weight is 297 g/mol. The van der Waals surface area contributed by atoms with Gasteiger partial charge in [-0.15, -0.1) is 0 Å². The van der Waals surface area contributed by atoms with Gasteiger partial charge in [0, 0.05) is 25.7 Å². The van der Waals surface area contributed by atoms with Gasteiger partial charge >= 0.3 is 0 Å². The molecule has 112 valence electrons. The first kappa shape index (κ1) is 15.4. The zero-order chi connectivity index (χ0) is 14.8. The summed E-state index contributed by atoms with van der Waals surface area (Å²) < 4.78 is 26.7. The van der Waals surface area contributed by atoms with E-state index in [1.165, 1.54) is 0 Å². The minimum Gasteiger partial charge on any atom is -0.316 e. The molecule has 1 saturated heterocycles. The Labute approximate surface area is 121 Å². The van der Waals surface area contributed by atoms with E-state index in [0.717, 1.165) is 18.5 Å². The monoisotopic (exact) mass is 297 g/mol. The SMILES string of the molecule is CNCc1ccc(S(=O)(=O)N2CCC(N(C)C)C2)cc1. The molecule has 0 aromatic heterocycles. The van der Waals surface area contributed by atoms with E-state index < -0.39 is 10.0 Å². The molecule has 0 amide bonds. The highest BCUT2D eigenvalue weighted by atomic mass is 32.2. The lowest BCUT2D eigenvalue weighted by Gasteiger charge is -2.20. The number of rotatable bonds is 5. The van der Waals surface area contributed by atoms with Gasteiger partial charge in [0.15, 0.2) is 0 Å². The molecule has 1 N–H and O–H groups in total. The number of hydrogen-bond acceptors (Lipinski definition) is 4. The van der Waals surface area contributed by atoms with Crippen LogP contribution >= 0.6 is 0 Å². The second kappa shape index (κ2) is 6.22. The van der Waals surface area contributed by atoms with Crippen LogP contribution in [0.25, 0.3) is 0 Å². The molecule has 0 radical (unpaired) electrons. The molecule has 5 nitrogen and oxygen atoms in total. The summed E-state index contributed by atoms with van der Waals surface area (Å²) in [7, 11) is 2.51. The molecule has 1 fully saturated rings. The van der Waals surface area contributed by atoms with Crippen LogP contribution in [-0.2, 0) is 16.6 Å². The highest BCUT2D eigenvalue weighted by Crippen LogP contribution is 2.23. The second-order valence-corrected chi connectivity index (χ2v) is 7.38. The van der Waals surface area contributed by atoms with Crippen LogP contribution in [0, 0.1) is 0 Å². The maximum atomic E-state index is 12.6. The van der Waals surface area contributed by atoms with Gasteiger partial charge in [0.05, 0.1) is 4.90 Å². The molecule has 1 aliphatic heterocycles. The molecule has 6 heteroatoms. The van der Waals surface area contributed by atoms with E-state index >= 15 is 0 Å². The van der Waals surface area contributed by atoms with Crippen LogP contribution in [0.3, 0.4) is 0 Å². The molecule has 0 saturated carbocycles. The fourth-order valence-electron chi connectivity index (χ4n) is 2.48. The maximum absolute atomic E-state index is 12.6. The van der Waals surface area contributed by atoms with Crippen molar-refractivity contribution in [3.8, 4) is 0 Å². The summed E-state index contributed by atoms with van der Waals surface area (Å²) in [5, 5.41) is 3.05. The van der Waals surface area contributed by atoms with Crippen LogP contribution in [0.5, 0.6) is 0 Å². The predicted molar refractivity (Wildman–Crippen MR) is 80.1 cm³/mol. The highest BCUT2D eigenvalue weighted by Gasteiger charge is 2.33. The molecular formula is C14H23N3O2S. The Morgan fingerprint density at radius 2 is 1.95 bits per heavy atom. The molecule has 1 unspecified atom stereocenters. The van der Waals surface area contributed by atoms with Crippen LogP contribution in [0.2, 0.25) is 0 Å². The molecule has 1 atom stereocenters. The average Bonchev–Trinajstić information content (AvgIpc) is 2.90. The first-order chi connectivity index (χ1) is 9.45. The van der Waals surface area contributed by atoms with Crippen molar-refractivity contribution in [2.24, 2.45) is 0 Å². The molecule has 0 bridgehead atoms. The molecule has 1 aliphatic rings. The first-order valence-electron chi connectivity index (χ1n) is 6.85. The normalized spacial score (nSPS) is 20.7. The van der Waals surface area contributed by atoms with E-state index in [2.05, 4.69) is 10.2 Å². The number of benzene rings is 1. The molecule has 0 spiro atoms. The fraction of sp³-hybridized carbons (Fsp3) is 0.571. The smallest absolute Gasteiger partial charge is 0.243 e. The second-order valence-electron chi connectivity index (χ2n) is 5.44. The molecule has 1 heterocycles. The quantitative estimate of drug-likeness (QED) is 0.870. The van der Waals surface area contributed by atoms with Gasteiger partial charge in [-0.1, -0.05) is 12.1 Å². The van der Waals surface area contributed by atoms with Gasteiger partial charge in [0.2, 0.25) is 10.0 Å². The lowest BCUT2D eigenvalue weighted by Crippen LogP contribution is -2.34. The Morgan fingerprint density at radius 3 is 2.45 bits per heavy atom. The third kappa shape index (κ3) is 3.20. The van der Waals surface area contributed by atoms with Crippen LogP contribution in [0.1, 0.15) is 12.0 Å². The molecule has 20 heavy (non-hydrogen) atoms. The van der Waals surface area contributed by atoms with Crippen molar-refractivity contribution in [3.63, 3.8) is 0 Å². The van der Waals surface area contributed by atoms with Crippen LogP contribution < -0.4 is 5.32 Å². The summed E-state index contributed by atoms with van der Waals surface area (Å²) in [5.41, 5.74) is 1.08. The summed E-state index contributed by atoms with van der Waals surface area (Å²) in [6, 6.07) is 7.44. The van der Waals surface area contributed by atoms with Gasteiger partial charge in [0.25, 0.3) is 0 Å². The minimum atomic E-state index is -3.35. The maximum Gasteiger partial charge on any atom is 0.243 e. The number of hydrogen-bond donors (Lipinski definition) is 1. The van der Waals surface area contributed by atoms with E-state index in [1.54, 1.807) is 16.4 Å². The largest absolute Gasteiger partial charge is 0.316 e. The zero-order valence-corrected chi connectivity index (χ0v) is 13.2. The zero-order valence-electron chi connectivity index (χ0n) is 12.3. The Bertz CT molecular complexity index is 540. The Morgan fingerprint density at radius 1 is 1.30 bits per heavy atom. The first-order valence-corrected chi connectivity index (χ1v) is 8.29. The highest BCUT2D eigenvalue weighted by molar-refractivity contribution is 7.89.